The van der Waals surface area contributed by atoms with E-state index in [1.54, 1.807) is 33.1 Å². The lowest BCUT2D eigenvalue weighted by atomic mass is 10.1. The molecule has 0 bridgehead atoms. The third kappa shape index (κ3) is 3.08. The molecule has 0 radical (unpaired) electrons. The number of nitrogens with two attached hydrogens (primary N) is 1. The number of hydrogen-bond acceptors (Lipinski definition) is 3. The predicted molar refractivity (Wildman–Crippen MR) is 76.8 cm³/mol. The van der Waals surface area contributed by atoms with E-state index in [0.29, 0.717) is 28.4 Å². The first kappa shape index (κ1) is 14.3. The average Bonchev–Trinajstić information content (AvgIpc) is 2.42. The van der Waals surface area contributed by atoms with Crippen LogP contribution in [0, 0.1) is 12.7 Å². The zero-order chi connectivity index (χ0) is 14.7. The van der Waals surface area contributed by atoms with Gasteiger partial charge in [-0.25, -0.2) is 4.39 Å². The van der Waals surface area contributed by atoms with Crippen molar-refractivity contribution >= 4 is 0 Å². The lowest BCUT2D eigenvalue weighted by Crippen LogP contribution is -2.08. The molecule has 1 atom stereocenters. The van der Waals surface area contributed by atoms with Crippen molar-refractivity contribution in [3.05, 3.63) is 53.3 Å². The zero-order valence-corrected chi connectivity index (χ0v) is 11.8. The normalized spacial score (nSPS) is 12.1. The molecule has 0 aromatic heterocycles. The van der Waals surface area contributed by atoms with Gasteiger partial charge in [-0.15, -0.1) is 0 Å². The monoisotopic (exact) mass is 275 g/mol. The molecule has 2 N–H and O–H groups in total. The summed E-state index contributed by atoms with van der Waals surface area (Å²) in [5.41, 5.74) is 7.03. The van der Waals surface area contributed by atoms with Crippen LogP contribution in [0.15, 0.2) is 36.4 Å². The fourth-order valence-corrected chi connectivity index (χ4v) is 1.91. The summed E-state index contributed by atoms with van der Waals surface area (Å²) in [6, 6.07) is 10.0. The summed E-state index contributed by atoms with van der Waals surface area (Å²) in [4.78, 5) is 0. The van der Waals surface area contributed by atoms with Crippen LogP contribution in [-0.2, 0) is 0 Å². The number of rotatable bonds is 4. The second-order valence-electron chi connectivity index (χ2n) is 4.71. The second kappa shape index (κ2) is 5.92. The minimum absolute atomic E-state index is 0.282. The quantitative estimate of drug-likeness (QED) is 0.918. The molecule has 0 fully saturated rings. The SMILES string of the molecule is COc1cccc(Oc2cc(C)c(F)cc2C(C)N)c1. The van der Waals surface area contributed by atoms with E-state index < -0.39 is 0 Å². The van der Waals surface area contributed by atoms with E-state index in [0.717, 1.165) is 0 Å². The van der Waals surface area contributed by atoms with Crippen molar-refractivity contribution in [2.75, 3.05) is 7.11 Å². The smallest absolute Gasteiger partial charge is 0.132 e. The molecule has 20 heavy (non-hydrogen) atoms. The Morgan fingerprint density at radius 2 is 1.85 bits per heavy atom. The molecule has 0 spiro atoms. The molecule has 1 unspecified atom stereocenters. The first-order chi connectivity index (χ1) is 9.51. The third-order valence-corrected chi connectivity index (χ3v) is 3.05. The average molecular weight is 275 g/mol. The molecule has 0 aliphatic heterocycles. The van der Waals surface area contributed by atoms with Crippen LogP contribution in [0.1, 0.15) is 24.1 Å². The molecule has 0 amide bonds. The number of methoxy groups -OCH3 is 1. The van der Waals surface area contributed by atoms with Gasteiger partial charge in [0.1, 0.15) is 23.1 Å². The fourth-order valence-electron chi connectivity index (χ4n) is 1.91. The molecule has 0 heterocycles. The van der Waals surface area contributed by atoms with Crippen LogP contribution in [0.5, 0.6) is 17.2 Å². The van der Waals surface area contributed by atoms with Gasteiger partial charge >= 0.3 is 0 Å². The van der Waals surface area contributed by atoms with Gasteiger partial charge in [-0.1, -0.05) is 6.07 Å². The fraction of sp³-hybridized carbons (Fsp3) is 0.250. The van der Waals surface area contributed by atoms with Gasteiger partial charge in [-0.3, -0.25) is 0 Å². The largest absolute Gasteiger partial charge is 0.497 e. The van der Waals surface area contributed by atoms with Gasteiger partial charge in [0.05, 0.1) is 7.11 Å². The molecule has 0 aliphatic carbocycles. The Kier molecular flexibility index (Phi) is 4.25. The maximum atomic E-state index is 13.6. The second-order valence-corrected chi connectivity index (χ2v) is 4.71. The van der Waals surface area contributed by atoms with Gasteiger partial charge in [0.25, 0.3) is 0 Å². The van der Waals surface area contributed by atoms with Crippen LogP contribution in [0.4, 0.5) is 4.39 Å². The van der Waals surface area contributed by atoms with Crippen molar-refractivity contribution in [2.24, 2.45) is 5.73 Å². The summed E-state index contributed by atoms with van der Waals surface area (Å²) in [6.45, 7) is 3.49. The Morgan fingerprint density at radius 3 is 2.50 bits per heavy atom. The topological polar surface area (TPSA) is 44.5 Å². The molecule has 0 saturated carbocycles. The van der Waals surface area contributed by atoms with Gasteiger partial charge in [0.2, 0.25) is 0 Å². The maximum absolute atomic E-state index is 13.6. The maximum Gasteiger partial charge on any atom is 0.132 e. The van der Waals surface area contributed by atoms with E-state index in [1.807, 2.05) is 18.2 Å². The van der Waals surface area contributed by atoms with Crippen LogP contribution in [0.3, 0.4) is 0 Å². The first-order valence-electron chi connectivity index (χ1n) is 6.39. The lowest BCUT2D eigenvalue weighted by Gasteiger charge is -2.15. The van der Waals surface area contributed by atoms with E-state index in [-0.39, 0.29) is 11.9 Å². The van der Waals surface area contributed by atoms with Crippen molar-refractivity contribution in [1.82, 2.24) is 0 Å². The highest BCUT2D eigenvalue weighted by atomic mass is 19.1. The van der Waals surface area contributed by atoms with Crippen molar-refractivity contribution < 1.29 is 13.9 Å². The molecule has 2 aromatic carbocycles. The number of halogens is 1. The summed E-state index contributed by atoms with van der Waals surface area (Å²) < 4.78 is 24.6. The molecule has 4 heteroatoms. The van der Waals surface area contributed by atoms with Crippen LogP contribution in [0.25, 0.3) is 0 Å². The molecule has 0 aliphatic rings. The number of aryl methyl sites for hydroxylation is 1. The van der Waals surface area contributed by atoms with E-state index in [2.05, 4.69) is 0 Å². The molecule has 3 nitrogen and oxygen atoms in total. The van der Waals surface area contributed by atoms with Crippen LogP contribution in [-0.4, -0.2) is 7.11 Å². The Hall–Kier alpha value is -2.07. The zero-order valence-electron chi connectivity index (χ0n) is 11.8. The Bertz CT molecular complexity index is 611. The Balaban J connectivity index is 2.39. The Morgan fingerprint density at radius 1 is 1.15 bits per heavy atom. The number of hydrogen-bond donors (Lipinski definition) is 1. The first-order valence-corrected chi connectivity index (χ1v) is 6.39. The highest BCUT2D eigenvalue weighted by Crippen LogP contribution is 2.32. The lowest BCUT2D eigenvalue weighted by molar-refractivity contribution is 0.408. The van der Waals surface area contributed by atoms with Crippen LogP contribution < -0.4 is 15.2 Å². The third-order valence-electron chi connectivity index (χ3n) is 3.05. The summed E-state index contributed by atoms with van der Waals surface area (Å²) in [7, 11) is 1.59. The number of benzene rings is 2. The van der Waals surface area contributed by atoms with Crippen LogP contribution in [0.2, 0.25) is 0 Å². The minimum atomic E-state index is -0.314. The molecule has 2 aromatic rings. The summed E-state index contributed by atoms with van der Waals surface area (Å²) in [5, 5.41) is 0. The van der Waals surface area contributed by atoms with E-state index in [4.69, 9.17) is 15.2 Å². The van der Waals surface area contributed by atoms with Gasteiger partial charge < -0.3 is 15.2 Å². The molecule has 2 rings (SSSR count). The minimum Gasteiger partial charge on any atom is -0.497 e. The molecule has 106 valence electrons. The molecule has 0 saturated heterocycles. The molecular weight excluding hydrogens is 257 g/mol. The summed E-state index contributed by atoms with van der Waals surface area (Å²) in [5.74, 6) is 1.60. The van der Waals surface area contributed by atoms with E-state index in [9.17, 15) is 4.39 Å². The van der Waals surface area contributed by atoms with Gasteiger partial charge in [0, 0.05) is 17.7 Å². The van der Waals surface area contributed by atoms with Crippen molar-refractivity contribution in [3.63, 3.8) is 0 Å². The van der Waals surface area contributed by atoms with Crippen molar-refractivity contribution in [3.8, 4) is 17.2 Å². The van der Waals surface area contributed by atoms with E-state index in [1.165, 1.54) is 6.07 Å². The standard InChI is InChI=1S/C16H18FNO2/c1-10-7-16(14(11(2)18)9-15(10)17)20-13-6-4-5-12(8-13)19-3/h4-9,11H,18H2,1-3H3. The van der Waals surface area contributed by atoms with Crippen LogP contribution >= 0.6 is 0 Å². The predicted octanol–water partition coefficient (Wildman–Crippen LogP) is 3.95. The van der Waals surface area contributed by atoms with Gasteiger partial charge in [-0.2, -0.15) is 0 Å². The highest BCUT2D eigenvalue weighted by Gasteiger charge is 2.13. The van der Waals surface area contributed by atoms with Gasteiger partial charge in [0.15, 0.2) is 0 Å². The van der Waals surface area contributed by atoms with Crippen molar-refractivity contribution in [1.29, 1.82) is 0 Å². The number of ether oxygens (including phenoxy) is 2. The molecular formula is C16H18FNO2. The Labute approximate surface area is 118 Å². The summed E-state index contributed by atoms with van der Waals surface area (Å²) in [6.07, 6.45) is 0. The van der Waals surface area contributed by atoms with Gasteiger partial charge in [-0.05, 0) is 43.7 Å². The highest BCUT2D eigenvalue weighted by molar-refractivity contribution is 5.44. The summed E-state index contributed by atoms with van der Waals surface area (Å²) >= 11 is 0. The van der Waals surface area contributed by atoms with E-state index >= 15 is 0 Å². The van der Waals surface area contributed by atoms with Crippen molar-refractivity contribution in [2.45, 2.75) is 19.9 Å².